The molecule has 3 aromatic heterocycles. The second kappa shape index (κ2) is 13.3. The fourth-order valence-corrected chi connectivity index (χ4v) is 5.54. The first-order chi connectivity index (χ1) is 20.1. The molecule has 0 amide bonds. The number of hydrogen-bond acceptors (Lipinski definition) is 7. The Morgan fingerprint density at radius 2 is 1.78 bits per heavy atom. The third kappa shape index (κ3) is 6.35. The average molecular weight is 549 g/mol. The van der Waals surface area contributed by atoms with Crippen LogP contribution in [0.4, 0.5) is 0 Å². The first-order valence-electron chi connectivity index (χ1n) is 14.7. The lowest BCUT2D eigenvalue weighted by molar-refractivity contribution is 0.337. The summed E-state index contributed by atoms with van der Waals surface area (Å²) in [5, 5.41) is 9.50. The highest BCUT2D eigenvalue weighted by Gasteiger charge is 2.26. The smallest absolute Gasteiger partial charge is 0.264 e. The van der Waals surface area contributed by atoms with E-state index in [0.29, 0.717) is 35.9 Å². The van der Waals surface area contributed by atoms with Gasteiger partial charge in [-0.25, -0.2) is 19.5 Å². The van der Waals surface area contributed by atoms with Gasteiger partial charge in [0.25, 0.3) is 5.56 Å². The molecule has 0 N–H and O–H groups in total. The van der Waals surface area contributed by atoms with Crippen molar-refractivity contribution in [3.63, 3.8) is 0 Å². The van der Waals surface area contributed by atoms with Crippen molar-refractivity contribution < 1.29 is 4.74 Å². The first-order valence-corrected chi connectivity index (χ1v) is 14.7. The number of unbranched alkanes of at least 4 members (excludes halogenated alkanes) is 1. The molecule has 0 saturated heterocycles. The maximum Gasteiger partial charge on any atom is 0.264 e. The Bertz CT molecular complexity index is 1570. The van der Waals surface area contributed by atoms with E-state index in [9.17, 15) is 10.1 Å². The Morgan fingerprint density at radius 1 is 1.00 bits per heavy atom. The van der Waals surface area contributed by atoms with Crippen LogP contribution in [-0.4, -0.2) is 31.1 Å². The molecule has 3 heterocycles. The molecule has 1 aromatic carbocycles. The highest BCUT2D eigenvalue weighted by Crippen LogP contribution is 2.32. The summed E-state index contributed by atoms with van der Waals surface area (Å²) in [5.41, 5.74) is 4.40. The third-order valence-corrected chi connectivity index (χ3v) is 7.68. The summed E-state index contributed by atoms with van der Waals surface area (Å²) in [6.45, 7) is 4.58. The number of aryl methyl sites for hydroxylation is 1. The predicted molar refractivity (Wildman–Crippen MR) is 158 cm³/mol. The summed E-state index contributed by atoms with van der Waals surface area (Å²) in [6.07, 6.45) is 13.6. The second-order valence-corrected chi connectivity index (χ2v) is 10.5. The van der Waals surface area contributed by atoms with Crippen LogP contribution in [0.25, 0.3) is 17.2 Å². The molecule has 1 aliphatic rings. The van der Waals surface area contributed by atoms with Gasteiger partial charge in [0.2, 0.25) is 5.95 Å². The summed E-state index contributed by atoms with van der Waals surface area (Å²) in [4.78, 5) is 33.3. The predicted octanol–water partition coefficient (Wildman–Crippen LogP) is 6.34. The molecule has 8 heteroatoms. The molecule has 0 spiro atoms. The van der Waals surface area contributed by atoms with Gasteiger partial charge in [-0.15, -0.1) is 0 Å². The van der Waals surface area contributed by atoms with E-state index in [0.717, 1.165) is 73.3 Å². The molecule has 0 atom stereocenters. The normalized spacial score (nSPS) is 13.6. The van der Waals surface area contributed by atoms with Crippen LogP contribution in [0.1, 0.15) is 92.9 Å². The van der Waals surface area contributed by atoms with Crippen molar-refractivity contribution in [1.29, 1.82) is 5.26 Å². The van der Waals surface area contributed by atoms with Crippen LogP contribution in [0.5, 0.6) is 5.75 Å². The Labute approximate surface area is 241 Å². The monoisotopic (exact) mass is 548 g/mol. The quantitative estimate of drug-likeness (QED) is 0.228. The lowest BCUT2D eigenvalue weighted by atomic mass is 9.88. The van der Waals surface area contributed by atoms with Gasteiger partial charge >= 0.3 is 0 Å². The molecule has 0 radical (unpaired) electrons. The highest BCUT2D eigenvalue weighted by molar-refractivity contribution is 5.67. The van der Waals surface area contributed by atoms with E-state index in [-0.39, 0.29) is 11.5 Å². The average Bonchev–Trinajstić information content (AvgIpc) is 3.02. The van der Waals surface area contributed by atoms with Crippen LogP contribution in [-0.2, 0) is 12.8 Å². The van der Waals surface area contributed by atoms with Gasteiger partial charge in [-0.1, -0.05) is 56.9 Å². The topological polar surface area (TPSA) is 107 Å². The van der Waals surface area contributed by atoms with Crippen molar-refractivity contribution in [3.8, 4) is 29.0 Å². The van der Waals surface area contributed by atoms with Gasteiger partial charge in [0, 0.05) is 29.7 Å². The zero-order chi connectivity index (χ0) is 28.6. The Hall–Kier alpha value is -4.38. The van der Waals surface area contributed by atoms with Gasteiger partial charge in [-0.2, -0.15) is 5.26 Å². The van der Waals surface area contributed by atoms with Crippen molar-refractivity contribution in [3.05, 3.63) is 93.6 Å². The van der Waals surface area contributed by atoms with Crippen molar-refractivity contribution in [2.24, 2.45) is 0 Å². The van der Waals surface area contributed by atoms with E-state index < -0.39 is 0 Å². The number of hydrogen-bond donors (Lipinski definition) is 0. The molecular weight excluding hydrogens is 512 g/mol. The van der Waals surface area contributed by atoms with E-state index >= 15 is 0 Å². The van der Waals surface area contributed by atoms with Crippen LogP contribution in [0.2, 0.25) is 0 Å². The summed E-state index contributed by atoms with van der Waals surface area (Å²) < 4.78 is 7.18. The maximum absolute atomic E-state index is 14.4. The lowest BCUT2D eigenvalue weighted by Crippen LogP contribution is -2.32. The minimum atomic E-state index is -0.116. The van der Waals surface area contributed by atoms with E-state index in [4.69, 9.17) is 9.72 Å². The molecule has 1 fully saturated rings. The van der Waals surface area contributed by atoms with Gasteiger partial charge in [-0.3, -0.25) is 9.78 Å². The maximum atomic E-state index is 14.4. The number of rotatable bonds is 10. The molecule has 210 valence electrons. The van der Waals surface area contributed by atoms with Crippen molar-refractivity contribution in [1.82, 2.24) is 24.5 Å². The molecule has 8 nitrogen and oxygen atoms in total. The zero-order valence-electron chi connectivity index (χ0n) is 23.8. The lowest BCUT2D eigenvalue weighted by Gasteiger charge is -2.25. The molecule has 0 bridgehead atoms. The number of aromatic nitrogens is 5. The van der Waals surface area contributed by atoms with Crippen molar-refractivity contribution >= 4 is 0 Å². The van der Waals surface area contributed by atoms with Crippen LogP contribution in [0.3, 0.4) is 0 Å². The minimum absolute atomic E-state index is 0.116. The van der Waals surface area contributed by atoms with Crippen LogP contribution < -0.4 is 10.3 Å². The molecule has 1 aliphatic carbocycles. The summed E-state index contributed by atoms with van der Waals surface area (Å²) >= 11 is 0. The summed E-state index contributed by atoms with van der Waals surface area (Å²) in [6, 6.07) is 13.6. The Balaban J connectivity index is 1.58. The number of ether oxygens (including phenoxy) is 1. The fraction of sp³-hybridized carbons (Fsp3) is 0.394. The minimum Gasteiger partial charge on any atom is -0.491 e. The van der Waals surface area contributed by atoms with Crippen molar-refractivity contribution in [2.75, 3.05) is 6.61 Å². The molecule has 1 saturated carbocycles. The third-order valence-electron chi connectivity index (χ3n) is 7.68. The van der Waals surface area contributed by atoms with Gasteiger partial charge in [-0.05, 0) is 50.3 Å². The first kappa shape index (κ1) is 28.2. The molecule has 0 aliphatic heterocycles. The molecule has 41 heavy (non-hydrogen) atoms. The van der Waals surface area contributed by atoms with Gasteiger partial charge in [0.05, 0.1) is 42.0 Å². The van der Waals surface area contributed by atoms with Crippen LogP contribution >= 0.6 is 0 Å². The van der Waals surface area contributed by atoms with Crippen LogP contribution in [0.15, 0.2) is 59.8 Å². The number of nitrogens with zero attached hydrogens (tertiary/aromatic N) is 6. The largest absolute Gasteiger partial charge is 0.491 e. The molecule has 5 rings (SSSR count). The molecular formula is C33H36N6O2. The standard InChI is InChI=1S/C33H36N6O2/c1-3-5-15-30-28(18-23-16-17-29(35-20-23)27-14-10-9-13-25(27)19-34)32(40)39(31(38-30)24-11-7-6-8-12-24)33-36-21-26(22-37-33)41-4-2/h9-10,13-14,16-17,20-22,24H,3-8,11-12,15,18H2,1-2H3. The van der Waals surface area contributed by atoms with E-state index in [2.05, 4.69) is 27.9 Å². The van der Waals surface area contributed by atoms with E-state index in [1.165, 1.54) is 6.42 Å². The van der Waals surface area contributed by atoms with E-state index in [1.54, 1.807) is 29.2 Å². The summed E-state index contributed by atoms with van der Waals surface area (Å²) in [7, 11) is 0. The SMILES string of the molecule is CCCCc1nc(C2CCCCC2)n(-c2ncc(OCC)cn2)c(=O)c1Cc1ccc(-c2ccccc2C#N)nc1. The van der Waals surface area contributed by atoms with Gasteiger partial charge in [0.1, 0.15) is 5.82 Å². The Morgan fingerprint density at radius 3 is 2.46 bits per heavy atom. The van der Waals surface area contributed by atoms with Gasteiger partial charge < -0.3 is 4.74 Å². The highest BCUT2D eigenvalue weighted by atomic mass is 16.5. The zero-order valence-corrected chi connectivity index (χ0v) is 23.8. The number of pyridine rings is 1. The van der Waals surface area contributed by atoms with E-state index in [1.807, 2.05) is 37.3 Å². The number of benzene rings is 1. The number of nitriles is 1. The molecule has 4 aromatic rings. The molecule has 0 unspecified atom stereocenters. The fourth-order valence-electron chi connectivity index (χ4n) is 5.54. The van der Waals surface area contributed by atoms with Gasteiger partial charge in [0.15, 0.2) is 5.75 Å². The summed E-state index contributed by atoms with van der Waals surface area (Å²) in [5.74, 6) is 1.87. The Kier molecular flexibility index (Phi) is 9.15. The van der Waals surface area contributed by atoms with Crippen LogP contribution in [0, 0.1) is 11.3 Å². The van der Waals surface area contributed by atoms with Crippen molar-refractivity contribution in [2.45, 2.75) is 77.6 Å². The second-order valence-electron chi connectivity index (χ2n) is 10.5.